The Morgan fingerprint density at radius 2 is 2.25 bits per heavy atom. The molecule has 0 N–H and O–H groups in total. The van der Waals surface area contributed by atoms with Crippen molar-refractivity contribution in [3.8, 4) is 6.07 Å². The second-order valence-corrected chi connectivity index (χ2v) is 2.98. The fraction of sp³-hybridized carbons (Fsp3) is 0.778. The molecule has 0 saturated heterocycles. The third-order valence-electron chi connectivity index (χ3n) is 1.97. The molecule has 12 heavy (non-hydrogen) atoms. The van der Waals surface area contributed by atoms with Crippen LogP contribution in [0.1, 0.15) is 26.7 Å². The molecule has 1 unspecified atom stereocenters. The van der Waals surface area contributed by atoms with Gasteiger partial charge in [-0.25, -0.2) is 0 Å². The third kappa shape index (κ3) is 3.38. The standard InChI is InChI=1S/C9H16N2O/c1-4-8(2)9(12)11(3)7-5-6-10/h8H,4-5,7H2,1-3H3. The van der Waals surface area contributed by atoms with Crippen LogP contribution in [0.15, 0.2) is 0 Å². The van der Waals surface area contributed by atoms with Crippen LogP contribution in [-0.2, 0) is 4.79 Å². The van der Waals surface area contributed by atoms with E-state index in [1.807, 2.05) is 19.9 Å². The Bertz CT molecular complexity index is 183. The van der Waals surface area contributed by atoms with Crippen molar-refractivity contribution < 1.29 is 4.79 Å². The molecule has 0 bridgehead atoms. The summed E-state index contributed by atoms with van der Waals surface area (Å²) >= 11 is 0. The molecule has 1 amide bonds. The highest BCUT2D eigenvalue weighted by Crippen LogP contribution is 2.04. The highest BCUT2D eigenvalue weighted by atomic mass is 16.2. The molecular formula is C9H16N2O. The molecule has 0 spiro atoms. The maximum Gasteiger partial charge on any atom is 0.225 e. The van der Waals surface area contributed by atoms with Crippen molar-refractivity contribution in [3.05, 3.63) is 0 Å². The first-order valence-electron chi connectivity index (χ1n) is 4.25. The lowest BCUT2D eigenvalue weighted by Crippen LogP contribution is -2.32. The van der Waals surface area contributed by atoms with Gasteiger partial charge in [-0.15, -0.1) is 0 Å². The maximum absolute atomic E-state index is 11.4. The average molecular weight is 168 g/mol. The van der Waals surface area contributed by atoms with E-state index >= 15 is 0 Å². The highest BCUT2D eigenvalue weighted by Gasteiger charge is 2.14. The Labute approximate surface area is 74.0 Å². The Kier molecular flexibility index (Phi) is 5.11. The zero-order valence-corrected chi connectivity index (χ0v) is 8.00. The van der Waals surface area contributed by atoms with Crippen LogP contribution in [-0.4, -0.2) is 24.4 Å². The van der Waals surface area contributed by atoms with Gasteiger partial charge in [-0.2, -0.15) is 5.26 Å². The smallest absolute Gasteiger partial charge is 0.225 e. The maximum atomic E-state index is 11.4. The molecule has 0 aromatic heterocycles. The average Bonchev–Trinajstić information content (AvgIpc) is 2.11. The fourth-order valence-corrected chi connectivity index (χ4v) is 0.879. The number of hydrogen-bond donors (Lipinski definition) is 0. The Balaban J connectivity index is 3.85. The summed E-state index contributed by atoms with van der Waals surface area (Å²) in [7, 11) is 1.74. The lowest BCUT2D eigenvalue weighted by atomic mass is 10.1. The number of nitrogens with zero attached hydrogens (tertiary/aromatic N) is 2. The van der Waals surface area contributed by atoms with Gasteiger partial charge in [0.2, 0.25) is 5.91 Å². The summed E-state index contributed by atoms with van der Waals surface area (Å²) in [6.45, 7) is 4.44. The molecule has 0 saturated carbocycles. The SMILES string of the molecule is CCC(C)C(=O)N(C)CCC#N. The first-order chi connectivity index (χ1) is 5.63. The Morgan fingerprint density at radius 1 is 1.67 bits per heavy atom. The van der Waals surface area contributed by atoms with Crippen LogP contribution in [0.2, 0.25) is 0 Å². The minimum atomic E-state index is 0.0775. The highest BCUT2D eigenvalue weighted by molar-refractivity contribution is 5.78. The lowest BCUT2D eigenvalue weighted by molar-refractivity contribution is -0.133. The van der Waals surface area contributed by atoms with Crippen LogP contribution in [0.4, 0.5) is 0 Å². The number of nitriles is 1. The summed E-state index contributed by atoms with van der Waals surface area (Å²) < 4.78 is 0. The van der Waals surface area contributed by atoms with Crippen molar-refractivity contribution in [2.45, 2.75) is 26.7 Å². The van der Waals surface area contributed by atoms with Crippen LogP contribution < -0.4 is 0 Å². The molecule has 0 fully saturated rings. The molecule has 3 heteroatoms. The molecule has 0 aliphatic carbocycles. The van der Waals surface area contributed by atoms with Crippen molar-refractivity contribution in [1.29, 1.82) is 5.26 Å². The van der Waals surface area contributed by atoms with Gasteiger partial charge in [0, 0.05) is 19.5 Å². The predicted octanol–water partition coefficient (Wildman–Crippen LogP) is 1.40. The van der Waals surface area contributed by atoms with E-state index in [1.54, 1.807) is 11.9 Å². The van der Waals surface area contributed by atoms with Gasteiger partial charge in [-0.1, -0.05) is 13.8 Å². The summed E-state index contributed by atoms with van der Waals surface area (Å²) in [4.78, 5) is 13.0. The van der Waals surface area contributed by atoms with Gasteiger partial charge in [-0.05, 0) is 6.42 Å². The second-order valence-electron chi connectivity index (χ2n) is 2.98. The van der Waals surface area contributed by atoms with Gasteiger partial charge in [0.25, 0.3) is 0 Å². The largest absolute Gasteiger partial charge is 0.344 e. The van der Waals surface area contributed by atoms with Crippen LogP contribution in [0.3, 0.4) is 0 Å². The van der Waals surface area contributed by atoms with Crippen LogP contribution in [0, 0.1) is 17.2 Å². The van der Waals surface area contributed by atoms with E-state index in [0.29, 0.717) is 13.0 Å². The van der Waals surface area contributed by atoms with Gasteiger partial charge >= 0.3 is 0 Å². The summed E-state index contributed by atoms with van der Waals surface area (Å²) in [5.74, 6) is 0.210. The zero-order valence-electron chi connectivity index (χ0n) is 8.00. The monoisotopic (exact) mass is 168 g/mol. The number of carbonyl (C=O) groups is 1. The minimum Gasteiger partial charge on any atom is -0.344 e. The van der Waals surface area contributed by atoms with Gasteiger partial charge in [-0.3, -0.25) is 4.79 Å². The molecule has 3 nitrogen and oxygen atoms in total. The number of carbonyl (C=O) groups excluding carboxylic acids is 1. The summed E-state index contributed by atoms with van der Waals surface area (Å²) in [5, 5.41) is 8.30. The van der Waals surface area contributed by atoms with E-state index in [0.717, 1.165) is 6.42 Å². The van der Waals surface area contributed by atoms with E-state index in [1.165, 1.54) is 0 Å². The number of hydrogen-bond acceptors (Lipinski definition) is 2. The molecule has 0 aliphatic rings. The number of rotatable bonds is 4. The van der Waals surface area contributed by atoms with Crippen molar-refractivity contribution >= 4 is 5.91 Å². The predicted molar refractivity (Wildman–Crippen MR) is 47.3 cm³/mol. The molecule has 0 aliphatic heterocycles. The molecule has 0 radical (unpaired) electrons. The first-order valence-corrected chi connectivity index (χ1v) is 4.25. The minimum absolute atomic E-state index is 0.0775. The van der Waals surface area contributed by atoms with Gasteiger partial charge < -0.3 is 4.90 Å². The summed E-state index contributed by atoms with van der Waals surface area (Å²) in [6, 6.07) is 2.02. The lowest BCUT2D eigenvalue weighted by Gasteiger charge is -2.18. The van der Waals surface area contributed by atoms with Crippen LogP contribution >= 0.6 is 0 Å². The van der Waals surface area contributed by atoms with Gasteiger partial charge in [0.1, 0.15) is 0 Å². The quantitative estimate of drug-likeness (QED) is 0.637. The number of amides is 1. The van der Waals surface area contributed by atoms with Gasteiger partial charge in [0.15, 0.2) is 0 Å². The normalized spacial score (nSPS) is 11.8. The molecule has 1 atom stereocenters. The molecule has 0 aromatic carbocycles. The first kappa shape index (κ1) is 11.0. The van der Waals surface area contributed by atoms with E-state index in [4.69, 9.17) is 5.26 Å². The zero-order chi connectivity index (χ0) is 9.56. The fourth-order valence-electron chi connectivity index (χ4n) is 0.879. The van der Waals surface area contributed by atoms with E-state index in [-0.39, 0.29) is 11.8 Å². The van der Waals surface area contributed by atoms with E-state index in [2.05, 4.69) is 0 Å². The Morgan fingerprint density at radius 3 is 2.67 bits per heavy atom. The molecule has 0 rings (SSSR count). The van der Waals surface area contributed by atoms with Crippen LogP contribution in [0.5, 0.6) is 0 Å². The summed E-state index contributed by atoms with van der Waals surface area (Å²) in [5.41, 5.74) is 0. The Hall–Kier alpha value is -1.04. The van der Waals surface area contributed by atoms with E-state index < -0.39 is 0 Å². The third-order valence-corrected chi connectivity index (χ3v) is 1.97. The van der Waals surface area contributed by atoms with Crippen molar-refractivity contribution in [2.75, 3.05) is 13.6 Å². The topological polar surface area (TPSA) is 44.1 Å². The van der Waals surface area contributed by atoms with Gasteiger partial charge in [0.05, 0.1) is 12.5 Å². The molecule has 68 valence electrons. The van der Waals surface area contributed by atoms with Crippen LogP contribution in [0.25, 0.3) is 0 Å². The van der Waals surface area contributed by atoms with Crippen molar-refractivity contribution in [2.24, 2.45) is 5.92 Å². The van der Waals surface area contributed by atoms with Crippen molar-refractivity contribution in [1.82, 2.24) is 4.90 Å². The molecular weight excluding hydrogens is 152 g/mol. The second kappa shape index (κ2) is 5.59. The van der Waals surface area contributed by atoms with E-state index in [9.17, 15) is 4.79 Å². The summed E-state index contributed by atoms with van der Waals surface area (Å²) in [6.07, 6.45) is 1.27. The molecule has 0 heterocycles. The molecule has 0 aromatic rings. The van der Waals surface area contributed by atoms with Crippen molar-refractivity contribution in [3.63, 3.8) is 0 Å².